The van der Waals surface area contributed by atoms with Crippen molar-refractivity contribution in [1.82, 2.24) is 0 Å². The van der Waals surface area contributed by atoms with Crippen molar-refractivity contribution in [3.05, 3.63) is 28.2 Å². The molecule has 17 heavy (non-hydrogen) atoms. The van der Waals surface area contributed by atoms with Gasteiger partial charge in [-0.05, 0) is 60.3 Å². The highest BCUT2D eigenvalue weighted by molar-refractivity contribution is 9.10. The molecule has 0 bridgehead atoms. The minimum atomic E-state index is 0.116. The molecule has 0 saturated carbocycles. The summed E-state index contributed by atoms with van der Waals surface area (Å²) in [5.41, 5.74) is 1.99. The second-order valence-corrected chi connectivity index (χ2v) is 5.47. The molecule has 1 aliphatic rings. The van der Waals surface area contributed by atoms with E-state index in [-0.39, 0.29) is 5.78 Å². The third-order valence-electron chi connectivity index (χ3n) is 3.51. The van der Waals surface area contributed by atoms with Crippen LogP contribution in [0.3, 0.4) is 0 Å². The van der Waals surface area contributed by atoms with Crippen LogP contribution in [0.25, 0.3) is 0 Å². The zero-order valence-corrected chi connectivity index (χ0v) is 12.0. The smallest absolute Gasteiger partial charge is 0.159 e. The molecule has 2 rings (SSSR count). The first kappa shape index (κ1) is 12.6. The number of benzene rings is 1. The summed E-state index contributed by atoms with van der Waals surface area (Å²) in [6.45, 7) is 4.96. The van der Waals surface area contributed by atoms with Crippen molar-refractivity contribution in [2.75, 3.05) is 11.4 Å². The second kappa shape index (κ2) is 5.21. The molecule has 0 aromatic heterocycles. The minimum Gasteiger partial charge on any atom is -0.368 e. The average Bonchev–Trinajstić information content (AvgIpc) is 2.76. The largest absolute Gasteiger partial charge is 0.368 e. The van der Waals surface area contributed by atoms with Crippen molar-refractivity contribution in [1.29, 1.82) is 0 Å². The first-order valence-electron chi connectivity index (χ1n) is 6.20. The number of Topliss-reactive ketones (excluding diaryl/α,β-unsaturated/α-hetero) is 1. The average molecular weight is 296 g/mol. The number of anilines is 1. The summed E-state index contributed by atoms with van der Waals surface area (Å²) in [6.07, 6.45) is 3.72. The van der Waals surface area contributed by atoms with Crippen molar-refractivity contribution in [3.63, 3.8) is 0 Å². The first-order valence-corrected chi connectivity index (χ1v) is 7.00. The van der Waals surface area contributed by atoms with Crippen LogP contribution in [0.5, 0.6) is 0 Å². The van der Waals surface area contributed by atoms with Crippen molar-refractivity contribution in [2.45, 2.75) is 39.2 Å². The fourth-order valence-corrected chi connectivity index (χ4v) is 3.14. The van der Waals surface area contributed by atoms with Crippen LogP contribution in [0.15, 0.2) is 22.7 Å². The Bertz CT molecular complexity index is 430. The number of ketones is 1. The number of rotatable bonds is 3. The van der Waals surface area contributed by atoms with Crippen LogP contribution < -0.4 is 4.90 Å². The van der Waals surface area contributed by atoms with Gasteiger partial charge >= 0.3 is 0 Å². The zero-order chi connectivity index (χ0) is 12.4. The van der Waals surface area contributed by atoms with E-state index in [0.717, 1.165) is 16.6 Å². The molecule has 0 radical (unpaired) electrons. The summed E-state index contributed by atoms with van der Waals surface area (Å²) >= 11 is 3.59. The number of carbonyl (C=O) groups excluding carboxylic acids is 1. The summed E-state index contributed by atoms with van der Waals surface area (Å²) < 4.78 is 1.03. The standard InChI is InChI=1S/C14H18BrNO/c1-3-12-5-4-8-16(12)14-7-6-11(10(2)17)9-13(14)15/h6-7,9,12H,3-5,8H2,1-2H3. The van der Waals surface area contributed by atoms with E-state index in [4.69, 9.17) is 0 Å². The number of halogens is 1. The van der Waals surface area contributed by atoms with Crippen LogP contribution in [0.2, 0.25) is 0 Å². The molecular formula is C14H18BrNO. The maximum atomic E-state index is 11.3. The molecule has 0 aliphatic carbocycles. The van der Waals surface area contributed by atoms with E-state index in [1.807, 2.05) is 12.1 Å². The number of carbonyl (C=O) groups is 1. The van der Waals surface area contributed by atoms with Crippen molar-refractivity contribution < 1.29 is 4.79 Å². The van der Waals surface area contributed by atoms with Crippen LogP contribution in [0.1, 0.15) is 43.5 Å². The van der Waals surface area contributed by atoms with Gasteiger partial charge in [-0.3, -0.25) is 4.79 Å². The second-order valence-electron chi connectivity index (χ2n) is 4.62. The van der Waals surface area contributed by atoms with Crippen LogP contribution in [0, 0.1) is 0 Å². The van der Waals surface area contributed by atoms with E-state index in [1.165, 1.54) is 24.9 Å². The van der Waals surface area contributed by atoms with Gasteiger partial charge in [0.25, 0.3) is 0 Å². The van der Waals surface area contributed by atoms with Crippen LogP contribution in [-0.4, -0.2) is 18.4 Å². The van der Waals surface area contributed by atoms with Crippen molar-refractivity contribution in [2.24, 2.45) is 0 Å². The maximum absolute atomic E-state index is 11.3. The minimum absolute atomic E-state index is 0.116. The predicted octanol–water partition coefficient (Wildman–Crippen LogP) is 4.03. The van der Waals surface area contributed by atoms with Gasteiger partial charge in [0.2, 0.25) is 0 Å². The molecule has 1 heterocycles. The Labute approximate surface area is 111 Å². The molecule has 2 nitrogen and oxygen atoms in total. The topological polar surface area (TPSA) is 20.3 Å². The summed E-state index contributed by atoms with van der Waals surface area (Å²) in [5, 5.41) is 0. The van der Waals surface area contributed by atoms with E-state index in [0.29, 0.717) is 6.04 Å². The summed E-state index contributed by atoms with van der Waals surface area (Å²) in [4.78, 5) is 13.8. The lowest BCUT2D eigenvalue weighted by atomic mass is 10.1. The quantitative estimate of drug-likeness (QED) is 0.785. The van der Waals surface area contributed by atoms with E-state index in [1.54, 1.807) is 6.92 Å². The van der Waals surface area contributed by atoms with E-state index >= 15 is 0 Å². The molecule has 1 aromatic rings. The number of hydrogen-bond acceptors (Lipinski definition) is 2. The van der Waals surface area contributed by atoms with Gasteiger partial charge in [0.05, 0.1) is 5.69 Å². The molecule has 0 amide bonds. The molecule has 1 saturated heterocycles. The van der Waals surface area contributed by atoms with Gasteiger partial charge in [0.15, 0.2) is 5.78 Å². The SMILES string of the molecule is CCC1CCCN1c1ccc(C(C)=O)cc1Br. The Kier molecular flexibility index (Phi) is 3.87. The molecule has 1 fully saturated rings. The van der Waals surface area contributed by atoms with Gasteiger partial charge < -0.3 is 4.90 Å². The fraction of sp³-hybridized carbons (Fsp3) is 0.500. The van der Waals surface area contributed by atoms with Gasteiger partial charge in [0, 0.05) is 22.6 Å². The van der Waals surface area contributed by atoms with Crippen molar-refractivity contribution >= 4 is 27.4 Å². The molecule has 1 atom stereocenters. The molecule has 3 heteroatoms. The third-order valence-corrected chi connectivity index (χ3v) is 4.15. The molecule has 1 aromatic carbocycles. The zero-order valence-electron chi connectivity index (χ0n) is 10.4. The number of hydrogen-bond donors (Lipinski definition) is 0. The van der Waals surface area contributed by atoms with Crippen LogP contribution in [-0.2, 0) is 0 Å². The summed E-state index contributed by atoms with van der Waals surface area (Å²) in [6, 6.07) is 6.57. The Balaban J connectivity index is 2.30. The van der Waals surface area contributed by atoms with Gasteiger partial charge in [-0.15, -0.1) is 0 Å². The summed E-state index contributed by atoms with van der Waals surface area (Å²) in [5.74, 6) is 0.116. The normalized spacial score (nSPS) is 19.7. The third kappa shape index (κ3) is 2.54. The monoisotopic (exact) mass is 295 g/mol. The predicted molar refractivity (Wildman–Crippen MR) is 74.8 cm³/mol. The first-order chi connectivity index (χ1) is 8.13. The Hall–Kier alpha value is -0.830. The maximum Gasteiger partial charge on any atom is 0.159 e. The van der Waals surface area contributed by atoms with Gasteiger partial charge in [0.1, 0.15) is 0 Å². The van der Waals surface area contributed by atoms with E-state index in [9.17, 15) is 4.79 Å². The molecule has 92 valence electrons. The lowest BCUT2D eigenvalue weighted by Crippen LogP contribution is -2.28. The Morgan fingerprint density at radius 3 is 2.88 bits per heavy atom. The van der Waals surface area contributed by atoms with Crippen LogP contribution >= 0.6 is 15.9 Å². The van der Waals surface area contributed by atoms with E-state index < -0.39 is 0 Å². The highest BCUT2D eigenvalue weighted by atomic mass is 79.9. The Morgan fingerprint density at radius 2 is 2.29 bits per heavy atom. The lowest BCUT2D eigenvalue weighted by Gasteiger charge is -2.27. The summed E-state index contributed by atoms with van der Waals surface area (Å²) in [7, 11) is 0. The van der Waals surface area contributed by atoms with Gasteiger partial charge in [-0.1, -0.05) is 6.92 Å². The molecule has 0 N–H and O–H groups in total. The highest BCUT2D eigenvalue weighted by Gasteiger charge is 2.24. The molecule has 0 spiro atoms. The van der Waals surface area contributed by atoms with Gasteiger partial charge in [-0.25, -0.2) is 0 Å². The molecule has 1 aliphatic heterocycles. The fourth-order valence-electron chi connectivity index (χ4n) is 2.54. The van der Waals surface area contributed by atoms with Crippen LogP contribution in [0.4, 0.5) is 5.69 Å². The highest BCUT2D eigenvalue weighted by Crippen LogP contribution is 2.33. The Morgan fingerprint density at radius 1 is 1.53 bits per heavy atom. The van der Waals surface area contributed by atoms with Crippen molar-refractivity contribution in [3.8, 4) is 0 Å². The molecule has 1 unspecified atom stereocenters. The number of nitrogens with zero attached hydrogens (tertiary/aromatic N) is 1. The molecular weight excluding hydrogens is 278 g/mol. The lowest BCUT2D eigenvalue weighted by molar-refractivity contribution is 0.101. The van der Waals surface area contributed by atoms with Gasteiger partial charge in [-0.2, -0.15) is 0 Å². The van der Waals surface area contributed by atoms with E-state index in [2.05, 4.69) is 33.8 Å².